The average Bonchev–Trinajstić information content (AvgIpc) is 3.75. The van der Waals surface area contributed by atoms with E-state index in [-0.39, 0.29) is 35.9 Å². The number of hydrogen-bond acceptors (Lipinski definition) is 15. The van der Waals surface area contributed by atoms with Crippen molar-refractivity contribution >= 4 is 67.4 Å². The number of nitrogens with two attached hydrogens (primary N) is 2. The number of rotatable bonds is 3. The van der Waals surface area contributed by atoms with E-state index in [0.717, 1.165) is 0 Å². The zero-order valence-corrected chi connectivity index (χ0v) is 25.8. The topological polar surface area (TPSA) is 247 Å². The lowest BCUT2D eigenvalue weighted by molar-refractivity contribution is -0.0479. The zero-order valence-electron chi connectivity index (χ0n) is 23.2. The molecule has 24 heteroatoms. The SMILES string of the molecule is [B]P1(=O)NC[C@H]2O[C@@H](n3cnc4c(N)ncnc43)C(F)C2OP(O)(=S)NC[C@H]2O[C@@H](n3cnc4c(N)ncnc43)C(OC)C2O1. The molecule has 7 heterocycles. The number of aromatic nitrogens is 8. The number of imidazole rings is 2. The van der Waals surface area contributed by atoms with Crippen LogP contribution < -0.4 is 21.6 Å². The first-order valence-electron chi connectivity index (χ1n) is 13.4. The minimum atomic E-state index is -4.15. The fourth-order valence-corrected chi connectivity index (χ4v) is 8.35. The number of hydrogen-bond donors (Lipinski definition) is 5. The van der Waals surface area contributed by atoms with E-state index >= 15 is 4.39 Å². The molecule has 0 amide bonds. The lowest BCUT2D eigenvalue weighted by atomic mass is 10.1. The van der Waals surface area contributed by atoms with E-state index in [1.807, 2.05) is 0 Å². The third-order valence-corrected chi connectivity index (χ3v) is 10.6. The molecule has 19 nitrogen and oxygen atoms in total. The fourth-order valence-electron chi connectivity index (χ4n) is 5.64. The van der Waals surface area contributed by atoms with E-state index in [9.17, 15) is 9.46 Å². The first kappa shape index (κ1) is 30.9. The van der Waals surface area contributed by atoms with Crippen LogP contribution >= 0.6 is 14.0 Å². The van der Waals surface area contributed by atoms with Gasteiger partial charge in [0.05, 0.1) is 12.7 Å². The molecular weight excluding hydrogens is 656 g/mol. The highest BCUT2D eigenvalue weighted by Crippen LogP contribution is 2.50. The molecule has 0 saturated carbocycles. The highest BCUT2D eigenvalue weighted by molar-refractivity contribution is 8.08. The number of nitrogen functional groups attached to an aromatic ring is 2. The quantitative estimate of drug-likeness (QED) is 0.134. The van der Waals surface area contributed by atoms with Crippen LogP contribution in [0.3, 0.4) is 0 Å². The van der Waals surface area contributed by atoms with Gasteiger partial charge in [-0.3, -0.25) is 18.8 Å². The van der Waals surface area contributed by atoms with Crippen molar-refractivity contribution in [3.63, 3.8) is 0 Å². The Hall–Kier alpha value is -2.75. The lowest BCUT2D eigenvalue weighted by Gasteiger charge is -2.31. The van der Waals surface area contributed by atoms with Crippen LogP contribution in [0.4, 0.5) is 16.0 Å². The van der Waals surface area contributed by atoms with Crippen LogP contribution in [0.15, 0.2) is 25.3 Å². The Bertz CT molecular complexity index is 1860. The van der Waals surface area contributed by atoms with E-state index in [1.165, 1.54) is 37.0 Å². The van der Waals surface area contributed by atoms with Crippen molar-refractivity contribution in [2.45, 2.75) is 49.1 Å². The summed E-state index contributed by atoms with van der Waals surface area (Å²) >= 11 is 5.36. The summed E-state index contributed by atoms with van der Waals surface area (Å²) < 4.78 is 62.2. The summed E-state index contributed by atoms with van der Waals surface area (Å²) in [4.78, 5) is 35.8. The number of anilines is 2. The summed E-state index contributed by atoms with van der Waals surface area (Å²) in [6.45, 7) is -4.43. The second-order valence-electron chi connectivity index (χ2n) is 10.4. The molecule has 4 aromatic rings. The van der Waals surface area contributed by atoms with Crippen molar-refractivity contribution in [1.29, 1.82) is 0 Å². The molecule has 3 aliphatic heterocycles. The molecule has 2 radical (unpaired) electrons. The van der Waals surface area contributed by atoms with E-state index < -0.39 is 63.2 Å². The van der Waals surface area contributed by atoms with Crippen molar-refractivity contribution in [2.24, 2.45) is 0 Å². The van der Waals surface area contributed by atoms with Gasteiger partial charge in [0.2, 0.25) is 15.0 Å². The number of alkyl halides is 1. The molecule has 0 aliphatic carbocycles. The van der Waals surface area contributed by atoms with E-state index in [0.29, 0.717) is 11.2 Å². The zero-order chi connectivity index (χ0) is 31.7. The number of methoxy groups -OCH3 is 1. The van der Waals surface area contributed by atoms with Crippen molar-refractivity contribution in [3.05, 3.63) is 25.3 Å². The van der Waals surface area contributed by atoms with Crippen LogP contribution in [-0.2, 0) is 39.6 Å². The number of ether oxygens (including phenoxy) is 3. The summed E-state index contributed by atoms with van der Waals surface area (Å²) in [7, 11) is 3.39. The Kier molecular flexibility index (Phi) is 7.89. The Morgan fingerprint density at radius 3 is 2.13 bits per heavy atom. The maximum atomic E-state index is 16.1. The van der Waals surface area contributed by atoms with Crippen molar-refractivity contribution in [2.75, 3.05) is 31.7 Å². The molecule has 7 rings (SSSR count). The van der Waals surface area contributed by atoms with Gasteiger partial charge in [-0.1, -0.05) is 0 Å². The molecule has 10 atom stereocenters. The lowest BCUT2D eigenvalue weighted by Crippen LogP contribution is -2.44. The number of halogens is 1. The van der Waals surface area contributed by atoms with Gasteiger partial charge in [-0.25, -0.2) is 39.4 Å². The van der Waals surface area contributed by atoms with E-state index in [1.54, 1.807) is 4.57 Å². The van der Waals surface area contributed by atoms with E-state index in [4.69, 9.17) is 54.1 Å². The number of nitrogens with one attached hydrogen (secondary N) is 2. The van der Waals surface area contributed by atoms with Gasteiger partial charge in [0.25, 0.3) is 6.64 Å². The second-order valence-corrected chi connectivity index (χ2v) is 15.2. The smallest absolute Gasteiger partial charge is 0.259 e. The standard InChI is InChI=1S/C21H26BFN12O7P2S/c1-38-15-14-9(40-21(15)35-7-31-12-17(25)27-5-29-19(12)35)3-33-44(37,45)42-13-8(2-32-43(22,36)41-14)39-20(10(13)23)34-6-30-11-16(24)26-4-28-18(11)34/h4-10,13-15,20-21H,2-3H2,1H3,(H,32,36)(H2,24,26,28)(H2,25,27,29)(H2,33,37,45)/t8-,9-,10?,13?,14?,15?,20-,21-,43?,44?/m1/s1. The van der Waals surface area contributed by atoms with Crippen molar-refractivity contribution in [1.82, 2.24) is 49.2 Å². The van der Waals surface area contributed by atoms with Gasteiger partial charge < -0.3 is 39.6 Å². The van der Waals surface area contributed by atoms with Gasteiger partial charge >= 0.3 is 0 Å². The van der Waals surface area contributed by atoms with Crippen LogP contribution in [0.2, 0.25) is 0 Å². The first-order chi connectivity index (χ1) is 21.5. The third-order valence-electron chi connectivity index (χ3n) is 7.70. The summed E-state index contributed by atoms with van der Waals surface area (Å²) in [5.41, 5.74) is 12.9. The molecule has 0 spiro atoms. The maximum absolute atomic E-state index is 16.1. The highest BCUT2D eigenvalue weighted by Gasteiger charge is 2.53. The van der Waals surface area contributed by atoms with Crippen molar-refractivity contribution in [3.8, 4) is 0 Å². The molecule has 3 aliphatic rings. The summed E-state index contributed by atoms with van der Waals surface area (Å²) in [6.07, 6.45) is -4.49. The molecule has 0 bridgehead atoms. The van der Waals surface area contributed by atoms with Gasteiger partial charge in [0.15, 0.2) is 41.6 Å². The molecule has 0 aromatic carbocycles. The van der Waals surface area contributed by atoms with Crippen LogP contribution in [0, 0.1) is 0 Å². The molecule has 3 fully saturated rings. The largest absolute Gasteiger partial charge is 0.382 e. The minimum Gasteiger partial charge on any atom is -0.382 e. The van der Waals surface area contributed by atoms with Gasteiger partial charge in [0.1, 0.15) is 54.2 Å². The summed E-state index contributed by atoms with van der Waals surface area (Å²) in [5, 5.41) is 5.38. The van der Waals surface area contributed by atoms with Gasteiger partial charge in [0, 0.05) is 20.2 Å². The molecule has 238 valence electrons. The van der Waals surface area contributed by atoms with Crippen LogP contribution in [0.25, 0.3) is 22.3 Å². The Morgan fingerprint density at radius 1 is 0.956 bits per heavy atom. The number of nitrogens with zero attached hydrogens (tertiary/aromatic N) is 8. The predicted octanol–water partition coefficient (Wildman–Crippen LogP) is -0.565. The molecule has 3 saturated heterocycles. The summed E-state index contributed by atoms with van der Waals surface area (Å²) in [5.74, 6) is 0.250. The van der Waals surface area contributed by atoms with Gasteiger partial charge in [-0.2, -0.15) is 0 Å². The highest BCUT2D eigenvalue weighted by atomic mass is 32.5. The molecule has 6 unspecified atom stereocenters. The average molecular weight is 682 g/mol. The Balaban J connectivity index is 1.18. The molecular formula is C21H26BFN12O7P2S. The molecule has 7 N–H and O–H groups in total. The predicted molar refractivity (Wildman–Crippen MR) is 159 cm³/mol. The van der Waals surface area contributed by atoms with Crippen LogP contribution in [0.1, 0.15) is 12.5 Å². The summed E-state index contributed by atoms with van der Waals surface area (Å²) in [6, 6.07) is 0. The first-order valence-corrected chi connectivity index (χ1v) is 17.8. The van der Waals surface area contributed by atoms with Crippen LogP contribution in [0.5, 0.6) is 0 Å². The van der Waals surface area contributed by atoms with E-state index in [2.05, 4.69) is 40.1 Å². The molecule has 45 heavy (non-hydrogen) atoms. The normalized spacial score (nSPS) is 37.7. The Morgan fingerprint density at radius 2 is 1.51 bits per heavy atom. The Labute approximate surface area is 259 Å². The molecule has 4 aromatic heterocycles. The second kappa shape index (κ2) is 11.5. The van der Waals surface area contributed by atoms with Crippen molar-refractivity contribution < 1.29 is 37.1 Å². The fraction of sp³-hybridized carbons (Fsp3) is 0.524. The minimum absolute atomic E-state index is 0.0934. The number of fused-ring (bicyclic) bond motifs is 4. The monoisotopic (exact) mass is 682 g/mol. The third kappa shape index (κ3) is 5.53. The van der Waals surface area contributed by atoms with Crippen LogP contribution in [-0.4, -0.2) is 108 Å². The van der Waals surface area contributed by atoms with Gasteiger partial charge in [-0.05, 0) is 11.8 Å². The van der Waals surface area contributed by atoms with Gasteiger partial charge in [-0.15, -0.1) is 0 Å². The maximum Gasteiger partial charge on any atom is 0.259 e.